The van der Waals surface area contributed by atoms with E-state index in [2.05, 4.69) is 166 Å². The average Bonchev–Trinajstić information content (AvgIpc) is 3.72. The Morgan fingerprint density at radius 2 is 0.984 bits per heavy atom. The Labute approximate surface area is 386 Å². The maximum absolute atomic E-state index is 9.18. The SMILES string of the molecule is [2H]C([2H])([2H])c1cc2c3c(c1)N(c1cccc4c1oc1ccccc14)c1cc4c(cc1B3c1cc3c(cc1N2c1ccc2c(c1)C(C)(C)CCC2(C)C)C(C)(C)CCC3(C)C)C(C)(C)CC4(C)C. The molecule has 7 aromatic rings. The van der Waals surface area contributed by atoms with Gasteiger partial charge in [0.2, 0.25) is 0 Å². The van der Waals surface area contributed by atoms with Gasteiger partial charge in [0.15, 0.2) is 5.58 Å². The molecule has 0 amide bonds. The lowest BCUT2D eigenvalue weighted by Crippen LogP contribution is -2.62. The molecule has 0 saturated heterocycles. The van der Waals surface area contributed by atoms with Gasteiger partial charge in [0, 0.05) is 43.3 Å². The van der Waals surface area contributed by atoms with Gasteiger partial charge in [0.05, 0.1) is 5.69 Å². The number of fused-ring (bicyclic) bond motifs is 10. The van der Waals surface area contributed by atoms with Crippen LogP contribution in [0.2, 0.25) is 0 Å². The van der Waals surface area contributed by atoms with Crippen molar-refractivity contribution in [1.29, 1.82) is 0 Å². The van der Waals surface area contributed by atoms with Crippen LogP contribution in [0.15, 0.2) is 101 Å². The van der Waals surface area contributed by atoms with Crippen molar-refractivity contribution in [3.05, 3.63) is 136 Å². The molecule has 0 spiro atoms. The van der Waals surface area contributed by atoms with Gasteiger partial charge in [-0.25, -0.2) is 0 Å². The van der Waals surface area contributed by atoms with Gasteiger partial charge >= 0.3 is 0 Å². The Bertz CT molecular complexity index is 3310. The van der Waals surface area contributed by atoms with Gasteiger partial charge in [-0.1, -0.05) is 132 Å². The molecular formula is C60H65BN2O. The molecule has 1 aromatic heterocycles. The van der Waals surface area contributed by atoms with Crippen molar-refractivity contribution in [1.82, 2.24) is 0 Å². The highest BCUT2D eigenvalue weighted by Crippen LogP contribution is 2.55. The van der Waals surface area contributed by atoms with Crippen molar-refractivity contribution in [2.24, 2.45) is 0 Å². The second kappa shape index (κ2) is 12.6. The third kappa shape index (κ3) is 5.41. The van der Waals surface area contributed by atoms with E-state index in [1.54, 1.807) is 0 Å². The van der Waals surface area contributed by atoms with Crippen molar-refractivity contribution in [2.75, 3.05) is 9.80 Å². The van der Waals surface area contributed by atoms with Crippen molar-refractivity contribution in [2.45, 2.75) is 155 Å². The van der Waals surface area contributed by atoms with Crippen LogP contribution >= 0.6 is 0 Å². The molecule has 0 bridgehead atoms. The van der Waals surface area contributed by atoms with Crippen LogP contribution < -0.4 is 26.2 Å². The second-order valence-corrected chi connectivity index (χ2v) is 24.4. The number of hydrogen-bond donors (Lipinski definition) is 0. The molecule has 0 radical (unpaired) electrons. The normalized spacial score (nSPS) is 21.8. The summed E-state index contributed by atoms with van der Waals surface area (Å²) in [6, 6.07) is 36.1. The Balaban J connectivity index is 1.25. The molecule has 4 heteroatoms. The van der Waals surface area contributed by atoms with Crippen LogP contribution in [0.3, 0.4) is 0 Å². The minimum Gasteiger partial charge on any atom is -0.454 e. The number of para-hydroxylation sites is 2. The lowest BCUT2D eigenvalue weighted by Gasteiger charge is -2.48. The summed E-state index contributed by atoms with van der Waals surface area (Å²) < 4.78 is 34.4. The molecule has 5 aliphatic rings. The topological polar surface area (TPSA) is 19.6 Å². The lowest BCUT2D eigenvalue weighted by molar-refractivity contribution is 0.332. The van der Waals surface area contributed by atoms with E-state index in [9.17, 15) is 4.11 Å². The highest BCUT2D eigenvalue weighted by molar-refractivity contribution is 7.00. The fraction of sp³-hybridized carbons (Fsp3) is 0.400. The van der Waals surface area contributed by atoms with Crippen LogP contribution in [0, 0.1) is 6.85 Å². The highest BCUT2D eigenvalue weighted by Gasteiger charge is 2.50. The Kier molecular flexibility index (Phi) is 7.27. The zero-order valence-corrected chi connectivity index (χ0v) is 40.2. The number of rotatable bonds is 2. The largest absolute Gasteiger partial charge is 0.454 e. The van der Waals surface area contributed by atoms with Crippen molar-refractivity contribution in [3.63, 3.8) is 0 Å². The fourth-order valence-electron chi connectivity index (χ4n) is 13.7. The van der Waals surface area contributed by atoms with Crippen molar-refractivity contribution in [3.8, 4) is 0 Å². The summed E-state index contributed by atoms with van der Waals surface area (Å²) in [5.74, 6) is 0. The Morgan fingerprint density at radius 1 is 0.469 bits per heavy atom. The predicted octanol–water partition coefficient (Wildman–Crippen LogP) is 14.6. The van der Waals surface area contributed by atoms with Crippen molar-refractivity contribution < 1.29 is 8.53 Å². The number of nitrogens with zero attached hydrogens (tertiary/aromatic N) is 2. The molecule has 3 nitrogen and oxygen atoms in total. The van der Waals surface area contributed by atoms with Gasteiger partial charge in [-0.15, -0.1) is 0 Å². The number of benzene rings is 6. The molecule has 0 atom stereocenters. The second-order valence-electron chi connectivity index (χ2n) is 24.4. The van der Waals surface area contributed by atoms with Crippen LogP contribution in [0.1, 0.15) is 158 Å². The van der Waals surface area contributed by atoms with Crippen molar-refractivity contribution >= 4 is 79.2 Å². The summed E-state index contributed by atoms with van der Waals surface area (Å²) in [4.78, 5) is 4.86. The molecule has 2 aliphatic heterocycles. The maximum atomic E-state index is 9.18. The summed E-state index contributed by atoms with van der Waals surface area (Å²) in [5, 5.41) is 2.11. The number of anilines is 6. The van der Waals surface area contributed by atoms with E-state index in [1.807, 2.05) is 24.3 Å². The van der Waals surface area contributed by atoms with E-state index < -0.39 is 6.85 Å². The quantitative estimate of drug-likeness (QED) is 0.162. The molecule has 6 aromatic carbocycles. The van der Waals surface area contributed by atoms with Crippen LogP contribution in [0.5, 0.6) is 0 Å². The van der Waals surface area contributed by atoms with Crippen LogP contribution in [-0.2, 0) is 32.5 Å². The molecule has 324 valence electrons. The summed E-state index contributed by atoms with van der Waals surface area (Å²) in [6.07, 6.45) is 5.49. The van der Waals surface area contributed by atoms with E-state index in [1.165, 1.54) is 44.3 Å². The van der Waals surface area contributed by atoms with E-state index in [-0.39, 0.29) is 39.2 Å². The van der Waals surface area contributed by atoms with E-state index >= 15 is 0 Å². The summed E-state index contributed by atoms with van der Waals surface area (Å²) in [6.45, 7) is 26.4. The van der Waals surface area contributed by atoms with Gasteiger partial charge in [-0.3, -0.25) is 0 Å². The minimum atomic E-state index is -2.38. The Hall–Kier alpha value is -5.22. The first-order valence-electron chi connectivity index (χ1n) is 25.5. The van der Waals surface area contributed by atoms with Crippen LogP contribution in [0.25, 0.3) is 21.9 Å². The number of aryl methyl sites for hydroxylation is 1. The monoisotopic (exact) mass is 844 g/mol. The first-order chi connectivity index (χ1) is 31.3. The molecule has 0 N–H and O–H groups in total. The standard InChI is InChI=1S/C60H65BN2O/c1-35-27-50-53-51(28-35)63(47-19-16-18-38-37-17-14-15-20-52(37)64-54(38)47)49-33-44-42(59(10,11)34-60(44,12)13)31-46(49)61(53)45-30-41-43(58(8,9)26-25-57(41,6)7)32-48(45)62(50)36-21-22-39-40(29-36)56(4,5)24-23-55(39,2)3/h14-22,27-33H,23-26,34H2,1-13H3/i1D3. The third-order valence-electron chi connectivity index (χ3n) is 17.2. The number of furan rings is 1. The smallest absolute Gasteiger partial charge is 0.252 e. The predicted molar refractivity (Wildman–Crippen MR) is 274 cm³/mol. The minimum absolute atomic E-state index is 0.0220. The molecule has 0 fully saturated rings. The summed E-state index contributed by atoms with van der Waals surface area (Å²) >= 11 is 0. The molecule has 12 rings (SSSR count). The zero-order chi connectivity index (χ0) is 47.3. The molecular weight excluding hydrogens is 775 g/mol. The molecule has 0 unspecified atom stereocenters. The summed E-state index contributed by atoms with van der Waals surface area (Å²) in [5.41, 5.74) is 20.0. The third-order valence-corrected chi connectivity index (χ3v) is 17.2. The van der Waals surface area contributed by atoms with Crippen LogP contribution in [-0.4, -0.2) is 6.71 Å². The van der Waals surface area contributed by atoms with Gasteiger partial charge < -0.3 is 14.2 Å². The van der Waals surface area contributed by atoms with E-state index in [0.717, 1.165) is 93.6 Å². The number of hydrogen-bond acceptors (Lipinski definition) is 3. The summed E-state index contributed by atoms with van der Waals surface area (Å²) in [7, 11) is 0. The van der Waals surface area contributed by atoms with E-state index in [0.29, 0.717) is 5.56 Å². The van der Waals surface area contributed by atoms with Crippen LogP contribution in [0.4, 0.5) is 34.1 Å². The first kappa shape index (κ1) is 37.1. The van der Waals surface area contributed by atoms with Gasteiger partial charge in [0.25, 0.3) is 6.71 Å². The lowest BCUT2D eigenvalue weighted by atomic mass is 9.33. The molecule has 0 saturated carbocycles. The zero-order valence-electron chi connectivity index (χ0n) is 43.2. The average molecular weight is 844 g/mol. The van der Waals surface area contributed by atoms with Gasteiger partial charge in [-0.2, -0.15) is 0 Å². The molecule has 3 aliphatic carbocycles. The Morgan fingerprint density at radius 3 is 1.62 bits per heavy atom. The molecule has 64 heavy (non-hydrogen) atoms. The van der Waals surface area contributed by atoms with E-state index in [4.69, 9.17) is 4.42 Å². The maximum Gasteiger partial charge on any atom is 0.252 e. The van der Waals surface area contributed by atoms with Gasteiger partial charge in [0.1, 0.15) is 5.58 Å². The molecule has 3 heterocycles. The van der Waals surface area contributed by atoms with Gasteiger partial charge in [-0.05, 0) is 175 Å². The first-order valence-corrected chi connectivity index (χ1v) is 24.0. The fourth-order valence-corrected chi connectivity index (χ4v) is 13.7. The highest BCUT2D eigenvalue weighted by atomic mass is 16.3.